The van der Waals surface area contributed by atoms with E-state index < -0.39 is 10.1 Å². The molecule has 0 spiro atoms. The predicted octanol–water partition coefficient (Wildman–Crippen LogP) is 1.64. The van der Waals surface area contributed by atoms with Gasteiger partial charge in [-0.05, 0) is 19.1 Å². The Kier molecular flexibility index (Phi) is 3.92. The zero-order chi connectivity index (χ0) is 12.2. The minimum absolute atomic E-state index is 0.201. The lowest BCUT2D eigenvalue weighted by atomic mass is 10.3. The summed E-state index contributed by atoms with van der Waals surface area (Å²) in [5.74, 6) is 0.522. The van der Waals surface area contributed by atoms with Gasteiger partial charge in [0.25, 0.3) is 10.1 Å². The molecule has 2 aromatic rings. The molecule has 88 valence electrons. The molecule has 6 heteroatoms. The van der Waals surface area contributed by atoms with Crippen molar-refractivity contribution in [2.75, 3.05) is 11.5 Å². The molecule has 0 aliphatic carbocycles. The van der Waals surface area contributed by atoms with Gasteiger partial charge in [-0.15, -0.1) is 0 Å². The van der Waals surface area contributed by atoms with Gasteiger partial charge in [0.15, 0.2) is 0 Å². The number of aromatic amines is 1. The van der Waals surface area contributed by atoms with Crippen molar-refractivity contribution in [3.63, 3.8) is 0 Å². The molecule has 0 saturated carbocycles. The second-order valence-electron chi connectivity index (χ2n) is 3.18. The van der Waals surface area contributed by atoms with Crippen LogP contribution in [0.5, 0.6) is 0 Å². The molecule has 1 heterocycles. The van der Waals surface area contributed by atoms with E-state index in [1.54, 1.807) is 0 Å². The first kappa shape index (κ1) is 12.5. The van der Waals surface area contributed by atoms with Gasteiger partial charge >= 0.3 is 0 Å². The highest BCUT2D eigenvalue weighted by Crippen LogP contribution is 2.14. The lowest BCUT2D eigenvalue weighted by molar-refractivity contribution is 0.484. The maximum Gasteiger partial charge on any atom is 0.264 e. The third kappa shape index (κ3) is 3.92. The number of para-hydroxylation sites is 1. The maximum absolute atomic E-state index is 9.56. The van der Waals surface area contributed by atoms with Gasteiger partial charge < -0.3 is 10.7 Å². The average Bonchev–Trinajstić information content (AvgIpc) is 2.57. The van der Waals surface area contributed by atoms with Crippen LogP contribution < -0.4 is 5.73 Å². The topological polar surface area (TPSA) is 96.2 Å². The number of anilines is 1. The Bertz CT molecular complexity index is 527. The number of hydrogen-bond donors (Lipinski definition) is 3. The summed E-state index contributed by atoms with van der Waals surface area (Å²) in [5, 5.41) is 1.17. The van der Waals surface area contributed by atoms with E-state index in [1.807, 2.05) is 30.3 Å². The average molecular weight is 242 g/mol. The largest absolute Gasteiger partial charge is 0.385 e. The lowest BCUT2D eigenvalue weighted by Gasteiger charge is -1.83. The third-order valence-electron chi connectivity index (χ3n) is 1.92. The van der Waals surface area contributed by atoms with Gasteiger partial charge in [-0.1, -0.05) is 18.2 Å². The van der Waals surface area contributed by atoms with Crippen molar-refractivity contribution in [2.24, 2.45) is 0 Å². The first-order valence-electron chi connectivity index (χ1n) is 4.71. The molecule has 0 unspecified atom stereocenters. The quantitative estimate of drug-likeness (QED) is 0.662. The summed E-state index contributed by atoms with van der Waals surface area (Å²) in [4.78, 5) is 3.04. The van der Waals surface area contributed by atoms with Crippen LogP contribution in [0.25, 0.3) is 10.9 Å². The zero-order valence-corrected chi connectivity index (χ0v) is 9.66. The smallest absolute Gasteiger partial charge is 0.264 e. The first-order chi connectivity index (χ1) is 7.42. The van der Waals surface area contributed by atoms with E-state index in [4.69, 9.17) is 10.3 Å². The van der Waals surface area contributed by atoms with Gasteiger partial charge in [0.1, 0.15) is 5.82 Å². The molecule has 0 bridgehead atoms. The van der Waals surface area contributed by atoms with E-state index in [9.17, 15) is 8.42 Å². The number of aromatic nitrogens is 1. The normalized spacial score (nSPS) is 10.9. The number of nitrogens with one attached hydrogen (secondary N) is 1. The van der Waals surface area contributed by atoms with Crippen LogP contribution >= 0.6 is 0 Å². The van der Waals surface area contributed by atoms with Crippen LogP contribution in [0.4, 0.5) is 5.82 Å². The number of hydrogen-bond acceptors (Lipinski definition) is 3. The highest BCUT2D eigenvalue weighted by molar-refractivity contribution is 7.85. The molecule has 0 radical (unpaired) electrons. The Hall–Kier alpha value is -1.53. The molecule has 5 nitrogen and oxygen atoms in total. The van der Waals surface area contributed by atoms with Crippen molar-refractivity contribution in [3.05, 3.63) is 30.3 Å². The van der Waals surface area contributed by atoms with E-state index in [-0.39, 0.29) is 5.75 Å². The summed E-state index contributed by atoms with van der Waals surface area (Å²) >= 11 is 0. The molecular formula is C10H14N2O3S. The molecule has 0 aliphatic heterocycles. The van der Waals surface area contributed by atoms with Gasteiger partial charge in [0.2, 0.25) is 0 Å². The molecule has 0 aliphatic rings. The van der Waals surface area contributed by atoms with Gasteiger partial charge in [-0.2, -0.15) is 8.42 Å². The highest BCUT2D eigenvalue weighted by atomic mass is 32.2. The molecule has 0 amide bonds. The van der Waals surface area contributed by atoms with E-state index in [0.29, 0.717) is 0 Å². The van der Waals surface area contributed by atoms with Gasteiger partial charge in [0.05, 0.1) is 5.75 Å². The number of nitrogens with two attached hydrogens (primary N) is 1. The Labute approximate surface area is 94.0 Å². The van der Waals surface area contributed by atoms with Crippen molar-refractivity contribution in [1.82, 2.24) is 4.98 Å². The first-order valence-corrected chi connectivity index (χ1v) is 6.31. The Morgan fingerprint density at radius 3 is 2.44 bits per heavy atom. The van der Waals surface area contributed by atoms with E-state index in [1.165, 1.54) is 12.3 Å². The third-order valence-corrected chi connectivity index (χ3v) is 2.65. The minimum Gasteiger partial charge on any atom is -0.385 e. The fourth-order valence-corrected chi connectivity index (χ4v) is 1.10. The molecule has 16 heavy (non-hydrogen) atoms. The second-order valence-corrected chi connectivity index (χ2v) is 4.92. The molecule has 2 rings (SSSR count). The van der Waals surface area contributed by atoms with Crippen LogP contribution in [0.2, 0.25) is 0 Å². The van der Waals surface area contributed by atoms with Crippen LogP contribution in [0.3, 0.4) is 0 Å². The summed E-state index contributed by atoms with van der Waals surface area (Å²) in [6, 6.07) is 9.94. The standard InChI is InChI=1S/C8H8N2.C2H6O3S/c9-8-5-6-3-1-2-4-7(6)10-8;1-2-6(3,4)5/h1-5,10H,9H2;2H2,1H3,(H,3,4,5). The van der Waals surface area contributed by atoms with E-state index in [0.717, 1.165) is 11.3 Å². The van der Waals surface area contributed by atoms with Gasteiger partial charge in [-0.3, -0.25) is 4.55 Å². The van der Waals surface area contributed by atoms with Crippen LogP contribution in [0, 0.1) is 0 Å². The summed E-state index contributed by atoms with van der Waals surface area (Å²) in [7, 11) is -3.66. The Morgan fingerprint density at radius 2 is 1.94 bits per heavy atom. The molecule has 0 atom stereocenters. The fourth-order valence-electron chi connectivity index (χ4n) is 1.10. The molecule has 1 aromatic heterocycles. The van der Waals surface area contributed by atoms with Gasteiger partial charge in [0, 0.05) is 10.9 Å². The number of benzene rings is 1. The SMILES string of the molecule is CCS(=O)(=O)O.Nc1cc2ccccc2[nH]1. The predicted molar refractivity (Wildman–Crippen MR) is 64.8 cm³/mol. The van der Waals surface area contributed by atoms with Crippen molar-refractivity contribution < 1.29 is 13.0 Å². The van der Waals surface area contributed by atoms with Crippen LogP contribution in [-0.2, 0) is 10.1 Å². The zero-order valence-electron chi connectivity index (χ0n) is 8.84. The van der Waals surface area contributed by atoms with Gasteiger partial charge in [-0.25, -0.2) is 0 Å². The minimum atomic E-state index is -3.66. The van der Waals surface area contributed by atoms with Crippen molar-refractivity contribution in [2.45, 2.75) is 6.92 Å². The molecule has 0 fully saturated rings. The Morgan fingerprint density at radius 1 is 1.38 bits per heavy atom. The molecule has 1 aromatic carbocycles. The molecule has 0 saturated heterocycles. The summed E-state index contributed by atoms with van der Waals surface area (Å²) < 4.78 is 26.9. The summed E-state index contributed by atoms with van der Waals surface area (Å²) in [6.07, 6.45) is 0. The lowest BCUT2D eigenvalue weighted by Crippen LogP contribution is -1.97. The van der Waals surface area contributed by atoms with Crippen molar-refractivity contribution in [3.8, 4) is 0 Å². The molecular weight excluding hydrogens is 228 g/mol. The number of fused-ring (bicyclic) bond motifs is 1. The van der Waals surface area contributed by atoms with E-state index >= 15 is 0 Å². The maximum atomic E-state index is 9.56. The summed E-state index contributed by atoms with van der Waals surface area (Å²) in [5.41, 5.74) is 6.63. The Balaban J connectivity index is 0.000000187. The van der Waals surface area contributed by atoms with Crippen molar-refractivity contribution in [1.29, 1.82) is 0 Å². The van der Waals surface area contributed by atoms with Crippen LogP contribution in [0.15, 0.2) is 30.3 Å². The van der Waals surface area contributed by atoms with Crippen molar-refractivity contribution >= 4 is 26.8 Å². The van der Waals surface area contributed by atoms with Crippen LogP contribution in [0.1, 0.15) is 6.92 Å². The monoisotopic (exact) mass is 242 g/mol. The van der Waals surface area contributed by atoms with Crippen LogP contribution in [-0.4, -0.2) is 23.7 Å². The highest BCUT2D eigenvalue weighted by Gasteiger charge is 1.93. The fraction of sp³-hybridized carbons (Fsp3) is 0.200. The second kappa shape index (κ2) is 5.00. The molecule has 4 N–H and O–H groups in total. The summed E-state index contributed by atoms with van der Waals surface area (Å²) in [6.45, 7) is 1.37. The number of rotatable bonds is 1. The van der Waals surface area contributed by atoms with E-state index in [2.05, 4.69) is 4.98 Å². The number of H-pyrrole nitrogens is 1. The number of nitrogen functional groups attached to an aromatic ring is 1.